The third-order valence-corrected chi connectivity index (χ3v) is 4.35. The van der Waals surface area contributed by atoms with Gasteiger partial charge in [0.25, 0.3) is 5.91 Å². The summed E-state index contributed by atoms with van der Waals surface area (Å²) in [6.45, 7) is 0. The number of nitrogens with zero attached hydrogens (tertiary/aromatic N) is 1. The lowest BCUT2D eigenvalue weighted by Crippen LogP contribution is -2.31. The molecule has 24 heavy (non-hydrogen) atoms. The Morgan fingerprint density at radius 1 is 1.12 bits per heavy atom. The first kappa shape index (κ1) is 16.5. The molecule has 3 aromatic rings. The van der Waals surface area contributed by atoms with Gasteiger partial charge in [0.1, 0.15) is 11.5 Å². The largest absolute Gasteiger partial charge is 0.347 e. The summed E-state index contributed by atoms with van der Waals surface area (Å²) in [5, 5.41) is 2.94. The number of carbonyl (C=O) groups is 1. The molecule has 1 aromatic heterocycles. The van der Waals surface area contributed by atoms with Crippen LogP contribution in [0, 0.1) is 5.82 Å². The van der Waals surface area contributed by atoms with E-state index in [4.69, 9.17) is 0 Å². The highest BCUT2D eigenvalue weighted by atomic mass is 79.9. The van der Waals surface area contributed by atoms with E-state index in [1.165, 1.54) is 6.07 Å². The van der Waals surface area contributed by atoms with Crippen LogP contribution in [-0.2, 0) is 7.05 Å². The summed E-state index contributed by atoms with van der Waals surface area (Å²) in [4.78, 5) is 12.6. The summed E-state index contributed by atoms with van der Waals surface area (Å²) < 4.78 is 16.9. The fourth-order valence-corrected chi connectivity index (χ4v) is 2.96. The number of hydrogen-bond acceptors (Lipinski definition) is 1. The Hall–Kier alpha value is -2.40. The van der Waals surface area contributed by atoms with Crippen molar-refractivity contribution in [3.05, 3.63) is 94.0 Å². The Morgan fingerprint density at radius 3 is 2.50 bits per heavy atom. The minimum Gasteiger partial charge on any atom is -0.347 e. The van der Waals surface area contributed by atoms with E-state index in [1.54, 1.807) is 42.1 Å². The number of halogens is 2. The molecule has 1 unspecified atom stereocenters. The van der Waals surface area contributed by atoms with Gasteiger partial charge >= 0.3 is 0 Å². The zero-order valence-electron chi connectivity index (χ0n) is 13.0. The van der Waals surface area contributed by atoms with Gasteiger partial charge in [0.2, 0.25) is 0 Å². The molecule has 2 aromatic carbocycles. The Morgan fingerprint density at radius 2 is 1.88 bits per heavy atom. The minimum atomic E-state index is -0.568. The van der Waals surface area contributed by atoms with Crippen molar-refractivity contribution in [1.82, 2.24) is 9.88 Å². The lowest BCUT2D eigenvalue weighted by Gasteiger charge is -2.21. The molecule has 0 saturated heterocycles. The van der Waals surface area contributed by atoms with E-state index in [0.29, 0.717) is 15.7 Å². The van der Waals surface area contributed by atoms with E-state index in [-0.39, 0.29) is 11.7 Å². The van der Waals surface area contributed by atoms with Crippen LogP contribution in [0.3, 0.4) is 0 Å². The number of hydrogen-bond donors (Lipinski definition) is 1. The Balaban J connectivity index is 2.00. The number of aryl methyl sites for hydroxylation is 1. The van der Waals surface area contributed by atoms with Gasteiger partial charge in [-0.05, 0) is 29.8 Å². The molecule has 122 valence electrons. The normalized spacial score (nSPS) is 12.0. The second kappa shape index (κ2) is 7.01. The van der Waals surface area contributed by atoms with Crippen molar-refractivity contribution < 1.29 is 9.18 Å². The third kappa shape index (κ3) is 3.41. The number of rotatable bonds is 4. The molecule has 0 saturated carbocycles. The molecule has 0 aliphatic heterocycles. The second-order valence-electron chi connectivity index (χ2n) is 5.49. The van der Waals surface area contributed by atoms with Gasteiger partial charge in [-0.2, -0.15) is 0 Å². The molecule has 1 amide bonds. The molecule has 0 spiro atoms. The monoisotopic (exact) mass is 386 g/mol. The highest BCUT2D eigenvalue weighted by Crippen LogP contribution is 2.27. The van der Waals surface area contributed by atoms with Crippen LogP contribution in [0.25, 0.3) is 0 Å². The van der Waals surface area contributed by atoms with Crippen molar-refractivity contribution in [3.8, 4) is 0 Å². The molecule has 3 rings (SSSR count). The van der Waals surface area contributed by atoms with E-state index in [1.807, 2.05) is 30.3 Å². The Labute approximate surface area is 148 Å². The van der Waals surface area contributed by atoms with Crippen LogP contribution in [0.5, 0.6) is 0 Å². The Bertz CT molecular complexity index is 861. The second-order valence-corrected chi connectivity index (χ2v) is 6.40. The standard InChI is InChI=1S/C19H16BrFN2O/c1-23-11-5-8-17(23)19(24)22-18(13-6-3-2-4-7-13)15-10-9-14(20)12-16(15)21/h2-12,18H,1H3,(H,22,24). The topological polar surface area (TPSA) is 34.0 Å². The van der Waals surface area contributed by atoms with E-state index >= 15 is 0 Å². The predicted molar refractivity (Wildman–Crippen MR) is 95.3 cm³/mol. The average molecular weight is 387 g/mol. The lowest BCUT2D eigenvalue weighted by atomic mass is 9.98. The van der Waals surface area contributed by atoms with Crippen molar-refractivity contribution in [2.45, 2.75) is 6.04 Å². The van der Waals surface area contributed by atoms with Crippen molar-refractivity contribution in [2.75, 3.05) is 0 Å². The van der Waals surface area contributed by atoms with Crippen LogP contribution in [0.1, 0.15) is 27.7 Å². The number of carbonyl (C=O) groups excluding carboxylic acids is 1. The summed E-state index contributed by atoms with van der Waals surface area (Å²) in [5.74, 6) is -0.621. The molecular weight excluding hydrogens is 371 g/mol. The van der Waals surface area contributed by atoms with Gasteiger partial charge in [0.05, 0.1) is 6.04 Å². The van der Waals surface area contributed by atoms with Gasteiger partial charge in [-0.1, -0.05) is 52.3 Å². The number of nitrogens with one attached hydrogen (secondary N) is 1. The van der Waals surface area contributed by atoms with Crippen molar-refractivity contribution in [2.24, 2.45) is 7.05 Å². The molecule has 0 bridgehead atoms. The predicted octanol–water partition coefficient (Wildman–Crippen LogP) is 4.45. The maximum absolute atomic E-state index is 14.5. The van der Waals surface area contributed by atoms with Gasteiger partial charge in [-0.3, -0.25) is 4.79 Å². The van der Waals surface area contributed by atoms with Crippen molar-refractivity contribution in [3.63, 3.8) is 0 Å². The number of amides is 1. The Kier molecular flexibility index (Phi) is 4.81. The van der Waals surface area contributed by atoms with E-state index in [0.717, 1.165) is 5.56 Å². The third-order valence-electron chi connectivity index (χ3n) is 3.86. The van der Waals surface area contributed by atoms with Crippen molar-refractivity contribution in [1.29, 1.82) is 0 Å². The summed E-state index contributed by atoms with van der Waals surface area (Å²) in [6, 6.07) is 17.2. The first-order chi connectivity index (χ1) is 11.6. The van der Waals surface area contributed by atoms with Crippen molar-refractivity contribution >= 4 is 21.8 Å². The fourth-order valence-electron chi connectivity index (χ4n) is 2.62. The summed E-state index contributed by atoms with van der Waals surface area (Å²) in [7, 11) is 1.80. The lowest BCUT2D eigenvalue weighted by molar-refractivity contribution is 0.0934. The quantitative estimate of drug-likeness (QED) is 0.706. The number of aromatic nitrogens is 1. The van der Waals surface area contributed by atoms with Gasteiger partial charge < -0.3 is 9.88 Å². The van der Waals surface area contributed by atoms with Crippen LogP contribution in [0.4, 0.5) is 4.39 Å². The van der Waals surface area contributed by atoms with E-state index < -0.39 is 6.04 Å². The SMILES string of the molecule is Cn1cccc1C(=O)NC(c1ccccc1)c1ccc(Br)cc1F. The minimum absolute atomic E-state index is 0.251. The molecule has 1 atom stereocenters. The van der Waals surface area contributed by atoms with Crippen LogP contribution < -0.4 is 5.32 Å². The maximum Gasteiger partial charge on any atom is 0.268 e. The highest BCUT2D eigenvalue weighted by molar-refractivity contribution is 9.10. The summed E-state index contributed by atoms with van der Waals surface area (Å²) >= 11 is 3.26. The van der Waals surface area contributed by atoms with Gasteiger partial charge in [0.15, 0.2) is 0 Å². The summed E-state index contributed by atoms with van der Waals surface area (Å²) in [6.07, 6.45) is 1.80. The van der Waals surface area contributed by atoms with Gasteiger partial charge in [-0.15, -0.1) is 0 Å². The summed E-state index contributed by atoms with van der Waals surface area (Å²) in [5.41, 5.74) is 1.77. The molecule has 0 aliphatic carbocycles. The average Bonchev–Trinajstić information content (AvgIpc) is 3.00. The van der Waals surface area contributed by atoms with E-state index in [2.05, 4.69) is 21.2 Å². The molecule has 0 fully saturated rings. The molecule has 3 nitrogen and oxygen atoms in total. The van der Waals surface area contributed by atoms with Crippen LogP contribution >= 0.6 is 15.9 Å². The molecule has 5 heteroatoms. The maximum atomic E-state index is 14.5. The van der Waals surface area contributed by atoms with Crippen LogP contribution in [0.15, 0.2) is 71.3 Å². The van der Waals surface area contributed by atoms with Crippen LogP contribution in [-0.4, -0.2) is 10.5 Å². The molecule has 1 heterocycles. The van der Waals surface area contributed by atoms with Gasteiger partial charge in [-0.25, -0.2) is 4.39 Å². The fraction of sp³-hybridized carbons (Fsp3) is 0.105. The molecule has 0 radical (unpaired) electrons. The first-order valence-electron chi connectivity index (χ1n) is 7.48. The smallest absolute Gasteiger partial charge is 0.268 e. The first-order valence-corrected chi connectivity index (χ1v) is 8.27. The van der Waals surface area contributed by atoms with Crippen LogP contribution in [0.2, 0.25) is 0 Å². The molecular formula is C19H16BrFN2O. The van der Waals surface area contributed by atoms with Gasteiger partial charge in [0, 0.05) is 23.3 Å². The van der Waals surface area contributed by atoms with E-state index in [9.17, 15) is 9.18 Å². The molecule has 0 aliphatic rings. The number of benzene rings is 2. The zero-order chi connectivity index (χ0) is 17.1. The molecule has 1 N–H and O–H groups in total. The highest BCUT2D eigenvalue weighted by Gasteiger charge is 2.21. The zero-order valence-corrected chi connectivity index (χ0v) is 14.6.